The number of para-hydroxylation sites is 1. The molecule has 1 fully saturated rings. The molecule has 0 radical (unpaired) electrons. The van der Waals surface area contributed by atoms with Gasteiger partial charge in [0.2, 0.25) is 0 Å². The maximum atomic E-state index is 11.7. The van der Waals surface area contributed by atoms with E-state index >= 15 is 0 Å². The third-order valence-corrected chi connectivity index (χ3v) is 4.83. The van der Waals surface area contributed by atoms with Crippen LogP contribution < -0.4 is 10.6 Å². The van der Waals surface area contributed by atoms with Crippen LogP contribution in [0, 0.1) is 5.92 Å². The topological polar surface area (TPSA) is 71.6 Å². The Kier molecular flexibility index (Phi) is 3.14. The number of hydrogen-bond donors (Lipinski definition) is 2. The van der Waals surface area contributed by atoms with Crippen LogP contribution in [0.1, 0.15) is 24.0 Å². The molecule has 1 aromatic carbocycles. The highest BCUT2D eigenvalue weighted by molar-refractivity contribution is 5.55. The summed E-state index contributed by atoms with van der Waals surface area (Å²) in [7, 11) is 0. The van der Waals surface area contributed by atoms with E-state index in [1.807, 2.05) is 35.3 Å². The van der Waals surface area contributed by atoms with Crippen molar-refractivity contribution in [1.82, 2.24) is 9.99 Å². The van der Waals surface area contributed by atoms with Crippen molar-refractivity contribution in [3.05, 3.63) is 53.9 Å². The van der Waals surface area contributed by atoms with Crippen LogP contribution in [-0.4, -0.2) is 28.2 Å². The van der Waals surface area contributed by atoms with E-state index in [1.165, 1.54) is 0 Å². The number of ether oxygens (including phenoxy) is 1. The SMILES string of the molecule is NN1CCC(C2(O)c3ccccc3Oc3cnccc32)CC1. The third kappa shape index (κ3) is 1.94. The summed E-state index contributed by atoms with van der Waals surface area (Å²) in [6, 6.07) is 9.57. The van der Waals surface area contributed by atoms with Crippen molar-refractivity contribution in [2.45, 2.75) is 18.4 Å². The van der Waals surface area contributed by atoms with E-state index in [-0.39, 0.29) is 5.92 Å². The number of nitrogens with zero attached hydrogens (tertiary/aromatic N) is 2. The number of benzene rings is 1. The minimum Gasteiger partial charge on any atom is -0.455 e. The summed E-state index contributed by atoms with van der Waals surface area (Å²) in [6.07, 6.45) is 5.08. The molecule has 1 atom stereocenters. The zero-order valence-corrected chi connectivity index (χ0v) is 12.3. The average Bonchev–Trinajstić information content (AvgIpc) is 2.56. The van der Waals surface area contributed by atoms with Crippen molar-refractivity contribution in [2.75, 3.05) is 13.1 Å². The van der Waals surface area contributed by atoms with Crippen LogP contribution in [0.5, 0.6) is 11.5 Å². The fraction of sp³-hybridized carbons (Fsp3) is 0.353. The lowest BCUT2D eigenvalue weighted by molar-refractivity contribution is -0.0209. The molecular weight excluding hydrogens is 278 g/mol. The van der Waals surface area contributed by atoms with E-state index in [0.717, 1.165) is 37.1 Å². The Bertz CT molecular complexity index is 650. The lowest BCUT2D eigenvalue weighted by atomic mass is 9.71. The second-order valence-electron chi connectivity index (χ2n) is 6.05. The van der Waals surface area contributed by atoms with Gasteiger partial charge < -0.3 is 9.84 Å². The van der Waals surface area contributed by atoms with E-state index in [1.54, 1.807) is 12.4 Å². The highest BCUT2D eigenvalue weighted by Gasteiger charge is 2.47. The van der Waals surface area contributed by atoms with Gasteiger partial charge in [0.05, 0.1) is 6.20 Å². The Morgan fingerprint density at radius 3 is 2.68 bits per heavy atom. The number of pyridine rings is 1. The van der Waals surface area contributed by atoms with Gasteiger partial charge in [0.25, 0.3) is 0 Å². The normalized spacial score (nSPS) is 25.2. The summed E-state index contributed by atoms with van der Waals surface area (Å²) in [5, 5.41) is 13.5. The zero-order valence-electron chi connectivity index (χ0n) is 12.3. The summed E-state index contributed by atoms with van der Waals surface area (Å²) in [6.45, 7) is 1.58. The minimum absolute atomic E-state index is 0.110. The number of hydrogen-bond acceptors (Lipinski definition) is 5. The van der Waals surface area contributed by atoms with Gasteiger partial charge in [0, 0.05) is 30.4 Å². The molecule has 114 valence electrons. The van der Waals surface area contributed by atoms with Crippen molar-refractivity contribution in [1.29, 1.82) is 0 Å². The van der Waals surface area contributed by atoms with E-state index < -0.39 is 5.60 Å². The Morgan fingerprint density at radius 1 is 1.14 bits per heavy atom. The molecule has 2 aromatic rings. The van der Waals surface area contributed by atoms with Gasteiger partial charge in [-0.1, -0.05) is 18.2 Å². The van der Waals surface area contributed by atoms with Crippen molar-refractivity contribution >= 4 is 0 Å². The van der Waals surface area contributed by atoms with Crippen molar-refractivity contribution in [2.24, 2.45) is 11.8 Å². The molecule has 0 amide bonds. The number of hydrazine groups is 1. The predicted octanol–water partition coefficient (Wildman–Crippen LogP) is 2.01. The summed E-state index contributed by atoms with van der Waals surface area (Å²) in [5.41, 5.74) is 0.592. The highest BCUT2D eigenvalue weighted by atomic mass is 16.5. The predicted molar refractivity (Wildman–Crippen MR) is 82.2 cm³/mol. The Balaban J connectivity index is 1.87. The van der Waals surface area contributed by atoms with Gasteiger partial charge in [-0.05, 0) is 30.9 Å². The summed E-state index contributed by atoms with van der Waals surface area (Å²) < 4.78 is 5.93. The standard InChI is InChI=1S/C17H19N3O2/c18-20-9-6-12(7-10-20)17(21)13-3-1-2-4-15(13)22-16-11-19-8-5-14(16)17/h1-5,8,11-12,21H,6-7,9-10,18H2. The van der Waals surface area contributed by atoms with E-state index in [9.17, 15) is 5.11 Å². The molecule has 0 aliphatic carbocycles. The van der Waals surface area contributed by atoms with E-state index in [0.29, 0.717) is 11.5 Å². The van der Waals surface area contributed by atoms with E-state index in [2.05, 4.69) is 4.98 Å². The fourth-order valence-corrected chi connectivity index (χ4v) is 3.67. The second-order valence-corrected chi connectivity index (χ2v) is 6.05. The lowest BCUT2D eigenvalue weighted by Crippen LogP contribution is -2.47. The molecule has 1 aromatic heterocycles. The first-order valence-corrected chi connectivity index (χ1v) is 7.63. The van der Waals surface area contributed by atoms with Crippen molar-refractivity contribution < 1.29 is 9.84 Å². The number of nitrogens with two attached hydrogens (primary N) is 1. The van der Waals surface area contributed by atoms with Crippen LogP contribution in [0.3, 0.4) is 0 Å². The zero-order chi connectivity index (χ0) is 15.2. The molecule has 1 unspecified atom stereocenters. The molecule has 3 heterocycles. The number of aliphatic hydroxyl groups is 1. The van der Waals surface area contributed by atoms with Crippen LogP contribution in [0.2, 0.25) is 0 Å². The fourth-order valence-electron chi connectivity index (χ4n) is 3.67. The second kappa shape index (κ2) is 5.05. The molecule has 22 heavy (non-hydrogen) atoms. The summed E-state index contributed by atoms with van der Waals surface area (Å²) >= 11 is 0. The highest BCUT2D eigenvalue weighted by Crippen LogP contribution is 2.51. The first-order chi connectivity index (χ1) is 10.7. The summed E-state index contributed by atoms with van der Waals surface area (Å²) in [5.74, 6) is 7.33. The van der Waals surface area contributed by atoms with Gasteiger partial charge in [0.1, 0.15) is 11.4 Å². The van der Waals surface area contributed by atoms with Gasteiger partial charge in [0.15, 0.2) is 5.75 Å². The monoisotopic (exact) mass is 297 g/mol. The largest absolute Gasteiger partial charge is 0.455 e. The molecule has 0 saturated carbocycles. The van der Waals surface area contributed by atoms with Crippen molar-refractivity contribution in [3.8, 4) is 11.5 Å². The molecule has 4 rings (SSSR count). The quantitative estimate of drug-likeness (QED) is 0.788. The molecule has 5 nitrogen and oxygen atoms in total. The first-order valence-electron chi connectivity index (χ1n) is 7.63. The molecule has 5 heteroatoms. The summed E-state index contributed by atoms with van der Waals surface area (Å²) in [4.78, 5) is 4.13. The molecule has 1 saturated heterocycles. The minimum atomic E-state index is -1.05. The molecular formula is C17H19N3O2. The van der Waals surface area contributed by atoms with Crippen LogP contribution in [-0.2, 0) is 5.60 Å². The lowest BCUT2D eigenvalue weighted by Gasteiger charge is -2.44. The molecule has 0 spiro atoms. The Morgan fingerprint density at radius 2 is 1.86 bits per heavy atom. The third-order valence-electron chi connectivity index (χ3n) is 4.83. The van der Waals surface area contributed by atoms with Crippen LogP contribution in [0.15, 0.2) is 42.7 Å². The van der Waals surface area contributed by atoms with E-state index in [4.69, 9.17) is 10.6 Å². The van der Waals surface area contributed by atoms with Gasteiger partial charge in [-0.25, -0.2) is 5.01 Å². The molecule has 2 aliphatic heterocycles. The molecule has 3 N–H and O–H groups in total. The average molecular weight is 297 g/mol. The first kappa shape index (κ1) is 13.7. The maximum absolute atomic E-state index is 11.7. The number of rotatable bonds is 1. The van der Waals surface area contributed by atoms with Gasteiger partial charge in [-0.3, -0.25) is 10.8 Å². The smallest absolute Gasteiger partial charge is 0.152 e. The van der Waals surface area contributed by atoms with Crippen molar-refractivity contribution in [3.63, 3.8) is 0 Å². The molecule has 0 bridgehead atoms. The number of fused-ring (bicyclic) bond motifs is 2. The van der Waals surface area contributed by atoms with Gasteiger partial charge in [-0.2, -0.15) is 0 Å². The number of piperidine rings is 1. The Labute approximate surface area is 129 Å². The van der Waals surface area contributed by atoms with Gasteiger partial charge in [-0.15, -0.1) is 0 Å². The van der Waals surface area contributed by atoms with Crippen LogP contribution in [0.4, 0.5) is 0 Å². The van der Waals surface area contributed by atoms with Crippen LogP contribution >= 0.6 is 0 Å². The van der Waals surface area contributed by atoms with Gasteiger partial charge >= 0.3 is 0 Å². The molecule has 2 aliphatic rings. The van der Waals surface area contributed by atoms with Crippen LogP contribution in [0.25, 0.3) is 0 Å². The maximum Gasteiger partial charge on any atom is 0.152 e. The number of aromatic nitrogens is 1. The Hall–Kier alpha value is -1.95.